The van der Waals surface area contributed by atoms with Gasteiger partial charge in [-0.25, -0.2) is 16.8 Å². The first-order valence-corrected chi connectivity index (χ1v) is 21.4. The van der Waals surface area contributed by atoms with Gasteiger partial charge in [-0.05, 0) is 121 Å². The SMILES string of the molecule is O=C(/C=C/c1c(Cl)cccc1Cl)c1ccc(NS(=O)(=O)c2cccc(C(=O)c3cccc(S(=O)(=O)Nc4ccc(C(=O)/C=C/c5c(Cl)cccc5Cl)cc4)c3)c2)cc1. The van der Waals surface area contributed by atoms with Crippen molar-refractivity contribution in [2.45, 2.75) is 9.79 Å². The zero-order valence-electron chi connectivity index (χ0n) is 29.7. The first-order chi connectivity index (χ1) is 27.6. The number of hydrogen-bond donors (Lipinski definition) is 2. The Hall–Kier alpha value is -5.53. The van der Waals surface area contributed by atoms with Gasteiger partial charge in [0.15, 0.2) is 17.3 Å². The van der Waals surface area contributed by atoms with Crippen LogP contribution in [0.1, 0.15) is 47.8 Å². The van der Waals surface area contributed by atoms with Crippen LogP contribution >= 0.6 is 46.4 Å². The van der Waals surface area contributed by atoms with E-state index in [2.05, 4.69) is 9.44 Å². The molecule has 0 aliphatic rings. The van der Waals surface area contributed by atoms with Crippen LogP contribution in [0, 0.1) is 0 Å². The number of benzene rings is 6. The van der Waals surface area contributed by atoms with E-state index in [4.69, 9.17) is 46.4 Å². The Balaban J connectivity index is 1.11. The maximum Gasteiger partial charge on any atom is 0.261 e. The predicted molar refractivity (Wildman–Crippen MR) is 230 cm³/mol. The Bertz CT molecular complexity index is 2630. The third kappa shape index (κ3) is 10.1. The number of halogens is 4. The summed E-state index contributed by atoms with van der Waals surface area (Å²) in [6.45, 7) is 0. The molecule has 6 rings (SSSR count). The molecule has 0 saturated carbocycles. The molecule has 0 atom stereocenters. The van der Waals surface area contributed by atoms with E-state index in [-0.39, 0.29) is 55.0 Å². The second kappa shape index (κ2) is 17.9. The van der Waals surface area contributed by atoms with E-state index in [1.54, 1.807) is 36.4 Å². The van der Waals surface area contributed by atoms with Gasteiger partial charge >= 0.3 is 0 Å². The molecule has 0 fully saturated rings. The molecule has 6 aromatic carbocycles. The summed E-state index contributed by atoms with van der Waals surface area (Å²) >= 11 is 24.7. The second-order valence-electron chi connectivity index (χ2n) is 12.4. The third-order valence-electron chi connectivity index (χ3n) is 8.46. The first kappa shape index (κ1) is 42.1. The van der Waals surface area contributed by atoms with Gasteiger partial charge in [0.1, 0.15) is 0 Å². The maximum atomic E-state index is 13.6. The molecule has 0 amide bonds. The molecule has 0 bridgehead atoms. The standard InChI is InChI=1S/C43H28Cl4N2O7S2/c44-37-9-3-10-38(45)35(37)21-23-41(50)27-13-17-31(18-14-27)48-57(53,54)33-7-1-5-29(25-33)43(52)30-6-2-8-34(26-30)58(55,56)49-32-19-15-28(16-20-32)42(51)24-22-36-39(46)11-4-12-40(36)47/h1-26,48-49H/b23-21+,24-22+. The van der Waals surface area contributed by atoms with Gasteiger partial charge in [0, 0.05) is 64.8 Å². The lowest BCUT2D eigenvalue weighted by molar-refractivity contribution is 0.103. The molecule has 0 saturated heterocycles. The zero-order chi connectivity index (χ0) is 41.6. The van der Waals surface area contributed by atoms with Crippen molar-refractivity contribution in [2.75, 3.05) is 9.44 Å². The van der Waals surface area contributed by atoms with Gasteiger partial charge in [-0.15, -0.1) is 0 Å². The summed E-state index contributed by atoms with van der Waals surface area (Å²) in [5, 5.41) is 1.51. The lowest BCUT2D eigenvalue weighted by atomic mass is 10.0. The first-order valence-electron chi connectivity index (χ1n) is 16.9. The Labute approximate surface area is 354 Å². The molecule has 0 radical (unpaired) electrons. The Kier molecular flexibility index (Phi) is 13.0. The van der Waals surface area contributed by atoms with E-state index in [1.807, 2.05) is 0 Å². The molecule has 58 heavy (non-hydrogen) atoms. The van der Waals surface area contributed by atoms with Gasteiger partial charge in [-0.2, -0.15) is 0 Å². The van der Waals surface area contributed by atoms with E-state index in [0.29, 0.717) is 31.2 Å². The molecule has 15 heteroatoms. The Morgan fingerprint density at radius 3 is 1.10 bits per heavy atom. The molecule has 292 valence electrons. The monoisotopic (exact) mass is 888 g/mol. The highest BCUT2D eigenvalue weighted by Crippen LogP contribution is 2.28. The van der Waals surface area contributed by atoms with Crippen LogP contribution in [-0.4, -0.2) is 34.2 Å². The highest BCUT2D eigenvalue weighted by molar-refractivity contribution is 7.93. The molecule has 0 aliphatic carbocycles. The maximum absolute atomic E-state index is 13.6. The topological polar surface area (TPSA) is 144 Å². The number of carbonyl (C=O) groups is 3. The minimum atomic E-state index is -4.21. The van der Waals surface area contributed by atoms with E-state index in [9.17, 15) is 31.2 Å². The number of anilines is 2. The van der Waals surface area contributed by atoms with Crippen molar-refractivity contribution in [1.29, 1.82) is 0 Å². The third-order valence-corrected chi connectivity index (χ3v) is 12.5. The van der Waals surface area contributed by atoms with E-state index in [0.717, 1.165) is 0 Å². The number of sulfonamides is 2. The summed E-state index contributed by atoms with van der Waals surface area (Å²) in [6, 6.07) is 32.0. The fraction of sp³-hybridized carbons (Fsp3) is 0. The Morgan fingerprint density at radius 2 is 0.759 bits per heavy atom. The van der Waals surface area contributed by atoms with Crippen molar-refractivity contribution in [2.24, 2.45) is 0 Å². The Morgan fingerprint density at radius 1 is 0.431 bits per heavy atom. The predicted octanol–water partition coefficient (Wildman–Crippen LogP) is 10.9. The average Bonchev–Trinajstić information content (AvgIpc) is 3.20. The summed E-state index contributed by atoms with van der Waals surface area (Å²) in [6.07, 6.45) is 5.61. The van der Waals surface area contributed by atoms with Crippen LogP contribution < -0.4 is 9.44 Å². The van der Waals surface area contributed by atoms with Crippen molar-refractivity contribution < 1.29 is 31.2 Å². The second-order valence-corrected chi connectivity index (χ2v) is 17.4. The number of rotatable bonds is 14. The van der Waals surface area contributed by atoms with Crippen molar-refractivity contribution in [3.8, 4) is 0 Å². The minimum Gasteiger partial charge on any atom is -0.289 e. The number of ketones is 3. The van der Waals surface area contributed by atoms with E-state index >= 15 is 0 Å². The van der Waals surface area contributed by atoms with Crippen LogP contribution in [-0.2, 0) is 20.0 Å². The zero-order valence-corrected chi connectivity index (χ0v) is 34.4. The van der Waals surface area contributed by atoms with Gasteiger partial charge in [-0.3, -0.25) is 23.8 Å². The minimum absolute atomic E-state index is 0.0113. The lowest BCUT2D eigenvalue weighted by Gasteiger charge is -2.11. The molecule has 0 heterocycles. The normalized spacial score (nSPS) is 11.8. The number of carbonyl (C=O) groups excluding carboxylic acids is 3. The summed E-state index contributed by atoms with van der Waals surface area (Å²) in [5.74, 6) is -1.35. The van der Waals surface area contributed by atoms with Crippen molar-refractivity contribution >= 4 is 107 Å². The van der Waals surface area contributed by atoms with Crippen LogP contribution in [0.2, 0.25) is 20.1 Å². The summed E-state index contributed by atoms with van der Waals surface area (Å²) in [7, 11) is -8.41. The van der Waals surface area contributed by atoms with Gasteiger partial charge in [-0.1, -0.05) is 82.8 Å². The molecule has 0 unspecified atom stereocenters. The van der Waals surface area contributed by atoms with Crippen LogP contribution in [0.25, 0.3) is 12.2 Å². The molecule has 9 nitrogen and oxygen atoms in total. The summed E-state index contributed by atoms with van der Waals surface area (Å²) < 4.78 is 58.2. The quantitative estimate of drug-likeness (QED) is 0.0818. The number of nitrogens with one attached hydrogen (secondary N) is 2. The van der Waals surface area contributed by atoms with Gasteiger partial charge in [0.2, 0.25) is 0 Å². The van der Waals surface area contributed by atoms with Gasteiger partial charge in [0.05, 0.1) is 9.79 Å². The van der Waals surface area contributed by atoms with Crippen molar-refractivity contribution in [1.82, 2.24) is 0 Å². The van der Waals surface area contributed by atoms with Gasteiger partial charge < -0.3 is 0 Å². The lowest BCUT2D eigenvalue weighted by Crippen LogP contribution is -2.15. The van der Waals surface area contributed by atoms with Crippen LogP contribution in [0.3, 0.4) is 0 Å². The number of hydrogen-bond acceptors (Lipinski definition) is 7. The number of allylic oxidation sites excluding steroid dienone is 2. The van der Waals surface area contributed by atoms with Crippen LogP contribution in [0.5, 0.6) is 0 Å². The van der Waals surface area contributed by atoms with E-state index < -0.39 is 25.8 Å². The largest absolute Gasteiger partial charge is 0.289 e. The smallest absolute Gasteiger partial charge is 0.261 e. The van der Waals surface area contributed by atoms with Crippen LogP contribution in [0.4, 0.5) is 11.4 Å². The molecular formula is C43H28Cl4N2O7S2. The van der Waals surface area contributed by atoms with E-state index in [1.165, 1.54) is 121 Å². The molecule has 0 spiro atoms. The summed E-state index contributed by atoms with van der Waals surface area (Å²) in [4.78, 5) is 38.6. The molecule has 2 N–H and O–H groups in total. The highest BCUT2D eigenvalue weighted by atomic mass is 35.5. The van der Waals surface area contributed by atoms with Crippen molar-refractivity contribution in [3.63, 3.8) is 0 Å². The molecule has 6 aromatic rings. The highest BCUT2D eigenvalue weighted by Gasteiger charge is 2.21. The molecule has 0 aromatic heterocycles. The molecule has 0 aliphatic heterocycles. The fourth-order valence-corrected chi connectivity index (χ4v) is 8.71. The fourth-order valence-electron chi connectivity index (χ4n) is 5.46. The van der Waals surface area contributed by atoms with Crippen molar-refractivity contribution in [3.05, 3.63) is 199 Å². The van der Waals surface area contributed by atoms with Gasteiger partial charge in [0.25, 0.3) is 20.0 Å². The summed E-state index contributed by atoms with van der Waals surface area (Å²) in [5.41, 5.74) is 1.83. The molecular weight excluding hydrogens is 862 g/mol. The van der Waals surface area contributed by atoms with Crippen LogP contribution in [0.15, 0.2) is 155 Å². The average molecular weight is 891 g/mol.